The smallest absolute Gasteiger partial charge is 0.226 e. The van der Waals surface area contributed by atoms with E-state index in [-0.39, 0.29) is 36.1 Å². The summed E-state index contributed by atoms with van der Waals surface area (Å²) in [6.07, 6.45) is 5.52. The van der Waals surface area contributed by atoms with Crippen molar-refractivity contribution in [2.24, 2.45) is 29.2 Å². The number of rotatable bonds is 4. The fraction of sp³-hybridized carbons (Fsp3) is 0.857. The number of nitrogens with two attached hydrogens (primary N) is 2. The summed E-state index contributed by atoms with van der Waals surface area (Å²) >= 11 is 0. The molecule has 2 rings (SSSR count). The first-order valence-corrected chi connectivity index (χ1v) is 7.39. The molecule has 0 aromatic carbocycles. The first-order chi connectivity index (χ1) is 9.11. The lowest BCUT2D eigenvalue weighted by molar-refractivity contribution is -0.139. The molecule has 3 atom stereocenters. The van der Waals surface area contributed by atoms with E-state index in [0.29, 0.717) is 25.4 Å². The normalized spacial score (nSPS) is 29.9. The number of piperidine rings is 1. The van der Waals surface area contributed by atoms with Gasteiger partial charge >= 0.3 is 0 Å². The molecular weight excluding hydrogens is 278 g/mol. The van der Waals surface area contributed by atoms with Crippen LogP contribution in [0, 0.1) is 17.8 Å². The second kappa shape index (κ2) is 7.84. The molecule has 0 aromatic heterocycles. The number of hydrogen-bond donors (Lipinski definition) is 2. The van der Waals surface area contributed by atoms with Gasteiger partial charge in [0.15, 0.2) is 0 Å². The van der Waals surface area contributed by atoms with Gasteiger partial charge in [0, 0.05) is 25.4 Å². The van der Waals surface area contributed by atoms with E-state index in [1.54, 1.807) is 0 Å². The van der Waals surface area contributed by atoms with Crippen molar-refractivity contribution < 1.29 is 9.59 Å². The van der Waals surface area contributed by atoms with Crippen LogP contribution in [-0.2, 0) is 9.59 Å². The Balaban J connectivity index is 0.00000200. The molecule has 116 valence electrons. The minimum Gasteiger partial charge on any atom is -0.370 e. The molecule has 1 heterocycles. The molecule has 0 aromatic rings. The van der Waals surface area contributed by atoms with Gasteiger partial charge in [0.2, 0.25) is 11.8 Å². The predicted octanol–water partition coefficient (Wildman–Crippen LogP) is 0.897. The van der Waals surface area contributed by atoms with Crippen molar-refractivity contribution in [2.45, 2.75) is 38.5 Å². The van der Waals surface area contributed by atoms with Crippen molar-refractivity contribution in [3.63, 3.8) is 0 Å². The zero-order chi connectivity index (χ0) is 13.8. The minimum absolute atomic E-state index is 0. The number of carbonyl (C=O) groups excluding carboxylic acids is 2. The van der Waals surface area contributed by atoms with Crippen molar-refractivity contribution in [1.29, 1.82) is 0 Å². The lowest BCUT2D eigenvalue weighted by Crippen LogP contribution is -2.45. The molecule has 0 spiro atoms. The van der Waals surface area contributed by atoms with Gasteiger partial charge < -0.3 is 16.4 Å². The first-order valence-electron chi connectivity index (χ1n) is 7.39. The average Bonchev–Trinajstić information content (AvgIpc) is 2.85. The number of carbonyl (C=O) groups is 2. The highest BCUT2D eigenvalue weighted by Crippen LogP contribution is 2.33. The van der Waals surface area contributed by atoms with Crippen molar-refractivity contribution in [2.75, 3.05) is 19.6 Å². The fourth-order valence-corrected chi connectivity index (χ4v) is 3.59. The Morgan fingerprint density at radius 2 is 1.90 bits per heavy atom. The van der Waals surface area contributed by atoms with Gasteiger partial charge in [-0.25, -0.2) is 0 Å². The van der Waals surface area contributed by atoms with Gasteiger partial charge in [-0.3, -0.25) is 9.59 Å². The van der Waals surface area contributed by atoms with Crippen LogP contribution in [0.3, 0.4) is 0 Å². The topological polar surface area (TPSA) is 89.4 Å². The maximum atomic E-state index is 12.6. The number of likely N-dealkylation sites (tertiary alicyclic amines) is 1. The molecule has 2 amide bonds. The molecule has 1 aliphatic heterocycles. The summed E-state index contributed by atoms with van der Waals surface area (Å²) < 4.78 is 0. The fourth-order valence-electron chi connectivity index (χ4n) is 3.59. The Kier molecular flexibility index (Phi) is 6.76. The predicted molar refractivity (Wildman–Crippen MR) is 80.2 cm³/mol. The number of nitrogens with zero attached hydrogens (tertiary/aromatic N) is 1. The molecule has 5 nitrogen and oxygen atoms in total. The lowest BCUT2D eigenvalue weighted by atomic mass is 9.90. The second-order valence-electron chi connectivity index (χ2n) is 6.00. The molecule has 20 heavy (non-hydrogen) atoms. The quantitative estimate of drug-likeness (QED) is 0.808. The molecule has 1 saturated heterocycles. The van der Waals surface area contributed by atoms with Gasteiger partial charge in [-0.15, -0.1) is 12.4 Å². The summed E-state index contributed by atoms with van der Waals surface area (Å²) in [5, 5.41) is 0. The van der Waals surface area contributed by atoms with Gasteiger partial charge in [0.25, 0.3) is 0 Å². The summed E-state index contributed by atoms with van der Waals surface area (Å²) in [6, 6.07) is 0. The summed E-state index contributed by atoms with van der Waals surface area (Å²) in [7, 11) is 0. The molecular formula is C14H26ClN3O2. The lowest BCUT2D eigenvalue weighted by Gasteiger charge is -2.35. The highest BCUT2D eigenvalue weighted by Gasteiger charge is 2.36. The molecule has 1 aliphatic carbocycles. The van der Waals surface area contributed by atoms with Crippen molar-refractivity contribution in [3.8, 4) is 0 Å². The van der Waals surface area contributed by atoms with E-state index in [2.05, 4.69) is 0 Å². The van der Waals surface area contributed by atoms with E-state index in [0.717, 1.165) is 38.6 Å². The van der Waals surface area contributed by atoms with E-state index < -0.39 is 0 Å². The molecule has 4 N–H and O–H groups in total. The van der Waals surface area contributed by atoms with Gasteiger partial charge in [-0.2, -0.15) is 0 Å². The Labute approximate surface area is 126 Å². The number of halogens is 1. The van der Waals surface area contributed by atoms with Crippen LogP contribution in [-0.4, -0.2) is 36.3 Å². The maximum Gasteiger partial charge on any atom is 0.226 e. The van der Waals surface area contributed by atoms with E-state index in [9.17, 15) is 9.59 Å². The Bertz CT molecular complexity index is 351. The van der Waals surface area contributed by atoms with E-state index >= 15 is 0 Å². The van der Waals surface area contributed by atoms with Crippen LogP contribution in [0.25, 0.3) is 0 Å². The van der Waals surface area contributed by atoms with Gasteiger partial charge in [-0.1, -0.05) is 6.42 Å². The highest BCUT2D eigenvalue weighted by atomic mass is 35.5. The van der Waals surface area contributed by atoms with E-state index in [4.69, 9.17) is 11.5 Å². The van der Waals surface area contributed by atoms with Crippen molar-refractivity contribution in [3.05, 3.63) is 0 Å². The Morgan fingerprint density at radius 3 is 2.55 bits per heavy atom. The van der Waals surface area contributed by atoms with Crippen LogP contribution < -0.4 is 11.5 Å². The first kappa shape index (κ1) is 17.2. The van der Waals surface area contributed by atoms with Crippen molar-refractivity contribution in [1.82, 2.24) is 4.90 Å². The van der Waals surface area contributed by atoms with E-state index in [1.807, 2.05) is 4.90 Å². The maximum absolute atomic E-state index is 12.6. The third kappa shape index (κ3) is 4.09. The van der Waals surface area contributed by atoms with E-state index in [1.165, 1.54) is 0 Å². The zero-order valence-electron chi connectivity index (χ0n) is 11.9. The number of primary amides is 1. The summed E-state index contributed by atoms with van der Waals surface area (Å²) in [5.41, 5.74) is 11.0. The van der Waals surface area contributed by atoms with Crippen LogP contribution in [0.15, 0.2) is 0 Å². The third-order valence-corrected chi connectivity index (χ3v) is 4.60. The van der Waals surface area contributed by atoms with Crippen LogP contribution in [0.4, 0.5) is 0 Å². The summed E-state index contributed by atoms with van der Waals surface area (Å²) in [5.74, 6) is 0.691. The van der Waals surface area contributed by atoms with Gasteiger partial charge in [0.05, 0.1) is 0 Å². The van der Waals surface area contributed by atoms with Crippen LogP contribution in [0.2, 0.25) is 0 Å². The molecule has 2 aliphatic rings. The largest absolute Gasteiger partial charge is 0.370 e. The van der Waals surface area contributed by atoms with Crippen LogP contribution in [0.1, 0.15) is 38.5 Å². The summed E-state index contributed by atoms with van der Waals surface area (Å²) in [6.45, 7) is 2.12. The Hall–Kier alpha value is -0.810. The zero-order valence-corrected chi connectivity index (χ0v) is 12.7. The van der Waals surface area contributed by atoms with Crippen molar-refractivity contribution >= 4 is 24.2 Å². The number of hydrogen-bond acceptors (Lipinski definition) is 3. The molecule has 0 radical (unpaired) electrons. The molecule has 6 heteroatoms. The number of amides is 2. The molecule has 0 bridgehead atoms. The highest BCUT2D eigenvalue weighted by molar-refractivity contribution is 5.85. The summed E-state index contributed by atoms with van der Waals surface area (Å²) in [4.78, 5) is 25.5. The molecule has 1 saturated carbocycles. The molecule has 2 fully saturated rings. The average molecular weight is 304 g/mol. The van der Waals surface area contributed by atoms with Gasteiger partial charge in [0.1, 0.15) is 0 Å². The van der Waals surface area contributed by atoms with Crippen LogP contribution in [0.5, 0.6) is 0 Å². The SMILES string of the molecule is Cl.NC[C@H]1CCC[C@H]1C(=O)N1CCCC(CC(N)=O)C1. The van der Waals surface area contributed by atoms with Gasteiger partial charge in [-0.05, 0) is 44.1 Å². The third-order valence-electron chi connectivity index (χ3n) is 4.60. The standard InChI is InChI=1S/C14H25N3O2.ClH/c15-8-11-4-1-5-12(11)14(19)17-6-2-3-10(9-17)7-13(16)18;/h10-12H,1-9,15H2,(H2,16,18);1H/t10?,11-,12-;/m1./s1. The second-order valence-corrected chi connectivity index (χ2v) is 6.00. The molecule has 1 unspecified atom stereocenters. The minimum atomic E-state index is -0.264. The van der Waals surface area contributed by atoms with Crippen LogP contribution >= 0.6 is 12.4 Å². The Morgan fingerprint density at radius 1 is 1.15 bits per heavy atom. The monoisotopic (exact) mass is 303 g/mol.